The number of hydrogen-bond donors (Lipinski definition) is 1. The summed E-state index contributed by atoms with van der Waals surface area (Å²) in [4.78, 5) is 14.9. The van der Waals surface area contributed by atoms with E-state index in [0.29, 0.717) is 0 Å². The number of aromatic nitrogens is 1. The molecule has 0 aromatic carbocycles. The first-order chi connectivity index (χ1) is 7.56. The van der Waals surface area contributed by atoms with Crippen LogP contribution in [0.4, 0.5) is 14.5 Å². The molecule has 0 radical (unpaired) electrons. The Morgan fingerprint density at radius 2 is 2.31 bits per heavy atom. The minimum atomic E-state index is -2.68. The van der Waals surface area contributed by atoms with Crippen LogP contribution in [0.2, 0.25) is 0 Å². The van der Waals surface area contributed by atoms with E-state index in [4.69, 9.17) is 5.73 Å². The van der Waals surface area contributed by atoms with Crippen molar-refractivity contribution < 1.29 is 18.3 Å². The van der Waals surface area contributed by atoms with Crippen LogP contribution in [0.25, 0.3) is 0 Å². The highest BCUT2D eigenvalue weighted by atomic mass is 19.3. The summed E-state index contributed by atoms with van der Waals surface area (Å²) in [5, 5.41) is 0. The summed E-state index contributed by atoms with van der Waals surface area (Å²) < 4.78 is 29.6. The van der Waals surface area contributed by atoms with Gasteiger partial charge in [-0.3, -0.25) is 9.78 Å². The van der Waals surface area contributed by atoms with Gasteiger partial charge in [0.05, 0.1) is 24.4 Å². The number of halogens is 2. The van der Waals surface area contributed by atoms with E-state index in [9.17, 15) is 13.6 Å². The first kappa shape index (κ1) is 12.4. The van der Waals surface area contributed by atoms with E-state index < -0.39 is 12.4 Å². The molecule has 1 heterocycles. The largest absolute Gasteiger partial charge is 0.466 e. The number of nitrogen functional groups attached to an aromatic ring is 1. The molecule has 0 saturated carbocycles. The van der Waals surface area contributed by atoms with Crippen molar-refractivity contribution >= 4 is 11.7 Å². The number of esters is 1. The number of carbonyl (C=O) groups excluding carboxylic acids is 1. The van der Waals surface area contributed by atoms with E-state index in [2.05, 4.69) is 9.72 Å². The second-order valence-corrected chi connectivity index (χ2v) is 3.04. The zero-order valence-corrected chi connectivity index (χ0v) is 8.74. The zero-order chi connectivity index (χ0) is 12.1. The number of rotatable bonds is 4. The van der Waals surface area contributed by atoms with Gasteiger partial charge < -0.3 is 10.5 Å². The first-order valence-electron chi connectivity index (χ1n) is 4.73. The van der Waals surface area contributed by atoms with Crippen molar-refractivity contribution in [3.63, 3.8) is 0 Å². The lowest BCUT2D eigenvalue weighted by Gasteiger charge is -2.08. The summed E-state index contributed by atoms with van der Waals surface area (Å²) in [6.07, 6.45) is -1.67. The molecule has 0 aliphatic carbocycles. The van der Waals surface area contributed by atoms with Crippen LogP contribution in [0.1, 0.15) is 24.6 Å². The van der Waals surface area contributed by atoms with Gasteiger partial charge in [-0.05, 0) is 13.0 Å². The van der Waals surface area contributed by atoms with Crippen LogP contribution in [-0.4, -0.2) is 17.6 Å². The van der Waals surface area contributed by atoms with Gasteiger partial charge in [0.1, 0.15) is 0 Å². The van der Waals surface area contributed by atoms with Crippen molar-refractivity contribution in [3.8, 4) is 0 Å². The number of carbonyl (C=O) groups is 1. The summed E-state index contributed by atoms with van der Waals surface area (Å²) in [7, 11) is 0. The second-order valence-electron chi connectivity index (χ2n) is 3.04. The lowest BCUT2D eigenvalue weighted by atomic mass is 10.1. The van der Waals surface area contributed by atoms with Gasteiger partial charge in [-0.1, -0.05) is 0 Å². The highest BCUT2D eigenvalue weighted by Gasteiger charge is 2.16. The van der Waals surface area contributed by atoms with E-state index in [1.807, 2.05) is 0 Å². The molecule has 0 unspecified atom stereocenters. The Balaban J connectivity index is 2.89. The summed E-state index contributed by atoms with van der Waals surface area (Å²) >= 11 is 0. The van der Waals surface area contributed by atoms with E-state index in [0.717, 1.165) is 6.07 Å². The second kappa shape index (κ2) is 5.39. The molecule has 16 heavy (non-hydrogen) atoms. The number of pyridine rings is 1. The Hall–Kier alpha value is -1.72. The fraction of sp³-hybridized carbons (Fsp3) is 0.400. The number of hydrogen-bond acceptors (Lipinski definition) is 4. The molecule has 0 spiro atoms. The number of ether oxygens (including phenoxy) is 1. The molecule has 1 aromatic heterocycles. The molecule has 0 bridgehead atoms. The molecule has 4 nitrogen and oxygen atoms in total. The van der Waals surface area contributed by atoms with Crippen molar-refractivity contribution in [2.75, 3.05) is 12.3 Å². The zero-order valence-electron chi connectivity index (χ0n) is 8.74. The Labute approximate surface area is 91.4 Å². The first-order valence-corrected chi connectivity index (χ1v) is 4.73. The highest BCUT2D eigenvalue weighted by Crippen LogP contribution is 2.26. The van der Waals surface area contributed by atoms with Gasteiger partial charge in [0, 0.05) is 11.8 Å². The van der Waals surface area contributed by atoms with Crippen LogP contribution in [0, 0.1) is 0 Å². The molecule has 0 atom stereocenters. The van der Waals surface area contributed by atoms with Crippen LogP contribution in [0.5, 0.6) is 0 Å². The standard InChI is InChI=1S/C10H12F2N2O2/c1-2-16-8(15)5-7-9(13)6(10(11)12)3-4-14-7/h3-4,10H,2,5,13H2,1H3. The third-order valence-corrected chi connectivity index (χ3v) is 1.96. The summed E-state index contributed by atoms with van der Waals surface area (Å²) in [5.41, 5.74) is 5.14. The predicted molar refractivity (Wildman–Crippen MR) is 53.9 cm³/mol. The van der Waals surface area contributed by atoms with Crippen molar-refractivity contribution in [2.24, 2.45) is 0 Å². The highest BCUT2D eigenvalue weighted by molar-refractivity contribution is 5.74. The number of anilines is 1. The summed E-state index contributed by atoms with van der Waals surface area (Å²) in [6.45, 7) is 1.89. The summed E-state index contributed by atoms with van der Waals surface area (Å²) in [5.74, 6) is -0.534. The topological polar surface area (TPSA) is 65.2 Å². The van der Waals surface area contributed by atoms with E-state index >= 15 is 0 Å². The van der Waals surface area contributed by atoms with Crippen LogP contribution >= 0.6 is 0 Å². The Kier molecular flexibility index (Phi) is 4.16. The van der Waals surface area contributed by atoms with Crippen LogP contribution < -0.4 is 5.73 Å². The van der Waals surface area contributed by atoms with Crippen molar-refractivity contribution in [1.82, 2.24) is 4.98 Å². The van der Waals surface area contributed by atoms with Crippen molar-refractivity contribution in [3.05, 3.63) is 23.5 Å². The maximum atomic E-state index is 12.5. The van der Waals surface area contributed by atoms with Crippen molar-refractivity contribution in [2.45, 2.75) is 19.8 Å². The van der Waals surface area contributed by atoms with Gasteiger partial charge in [0.15, 0.2) is 0 Å². The maximum absolute atomic E-state index is 12.5. The van der Waals surface area contributed by atoms with E-state index in [-0.39, 0.29) is 30.0 Å². The molecule has 0 amide bonds. The average Bonchev–Trinajstić information content (AvgIpc) is 2.21. The van der Waals surface area contributed by atoms with Gasteiger partial charge in [0.25, 0.3) is 6.43 Å². The van der Waals surface area contributed by atoms with Gasteiger partial charge in [-0.25, -0.2) is 8.78 Å². The predicted octanol–water partition coefficient (Wildman–Crippen LogP) is 1.71. The Morgan fingerprint density at radius 3 is 2.88 bits per heavy atom. The minimum Gasteiger partial charge on any atom is -0.466 e. The normalized spacial score (nSPS) is 10.5. The third-order valence-electron chi connectivity index (χ3n) is 1.96. The lowest BCUT2D eigenvalue weighted by Crippen LogP contribution is -2.12. The molecule has 1 aromatic rings. The molecule has 1 rings (SSSR count). The average molecular weight is 230 g/mol. The van der Waals surface area contributed by atoms with Gasteiger partial charge in [-0.2, -0.15) is 0 Å². The molecule has 0 aliphatic heterocycles. The SMILES string of the molecule is CCOC(=O)Cc1nccc(C(F)F)c1N. The summed E-state index contributed by atoms with van der Waals surface area (Å²) in [6, 6.07) is 1.13. The molecule has 0 saturated heterocycles. The molecule has 6 heteroatoms. The maximum Gasteiger partial charge on any atom is 0.311 e. The fourth-order valence-electron chi connectivity index (χ4n) is 1.21. The Morgan fingerprint density at radius 1 is 1.62 bits per heavy atom. The molecular formula is C10H12F2N2O2. The quantitative estimate of drug-likeness (QED) is 0.799. The fourth-order valence-corrected chi connectivity index (χ4v) is 1.21. The van der Waals surface area contributed by atoms with Crippen LogP contribution in [0.15, 0.2) is 12.3 Å². The molecular weight excluding hydrogens is 218 g/mol. The monoisotopic (exact) mass is 230 g/mol. The van der Waals surface area contributed by atoms with Crippen molar-refractivity contribution in [1.29, 1.82) is 0 Å². The smallest absolute Gasteiger partial charge is 0.311 e. The van der Waals surface area contributed by atoms with Gasteiger partial charge in [-0.15, -0.1) is 0 Å². The van der Waals surface area contributed by atoms with E-state index in [1.54, 1.807) is 6.92 Å². The number of nitrogens with two attached hydrogens (primary N) is 1. The van der Waals surface area contributed by atoms with Gasteiger partial charge >= 0.3 is 5.97 Å². The van der Waals surface area contributed by atoms with E-state index in [1.165, 1.54) is 6.20 Å². The van der Waals surface area contributed by atoms with Crippen LogP contribution in [-0.2, 0) is 16.0 Å². The molecule has 2 N–H and O–H groups in total. The van der Waals surface area contributed by atoms with Gasteiger partial charge in [0.2, 0.25) is 0 Å². The lowest BCUT2D eigenvalue weighted by molar-refractivity contribution is -0.142. The third kappa shape index (κ3) is 2.88. The number of alkyl halides is 2. The molecule has 0 aliphatic rings. The van der Waals surface area contributed by atoms with Crippen LogP contribution in [0.3, 0.4) is 0 Å². The Bertz CT molecular complexity index is 383. The molecule has 0 fully saturated rings. The number of nitrogens with zero attached hydrogens (tertiary/aromatic N) is 1. The molecule has 88 valence electrons. The minimum absolute atomic E-state index is 0.122.